The Labute approximate surface area is 489 Å². The van der Waals surface area contributed by atoms with Gasteiger partial charge in [0, 0.05) is 76.3 Å². The van der Waals surface area contributed by atoms with Crippen LogP contribution in [0.3, 0.4) is 0 Å². The summed E-state index contributed by atoms with van der Waals surface area (Å²) in [6, 6.07) is 60.3. The summed E-state index contributed by atoms with van der Waals surface area (Å²) in [6.45, 7) is 0. The highest BCUT2D eigenvalue weighted by atomic mass is 16.5. The van der Waals surface area contributed by atoms with Crippen LogP contribution in [0.4, 0.5) is 0 Å². The van der Waals surface area contributed by atoms with Gasteiger partial charge in [0.25, 0.3) is 0 Å². The first kappa shape index (κ1) is 57.1. The molecule has 0 N–H and O–H groups in total. The van der Waals surface area contributed by atoms with Crippen molar-refractivity contribution in [1.82, 2.24) is 0 Å². The van der Waals surface area contributed by atoms with Crippen LogP contribution in [0.1, 0.15) is 0 Å². The molecule has 0 amide bonds. The van der Waals surface area contributed by atoms with Crippen LogP contribution >= 0.6 is 0 Å². The highest BCUT2D eigenvalue weighted by Crippen LogP contribution is 2.51. The lowest BCUT2D eigenvalue weighted by molar-refractivity contribution is 0.408. The van der Waals surface area contributed by atoms with Crippen LogP contribution < -0.4 is 56.8 Å². The molecule has 0 fully saturated rings. The minimum atomic E-state index is 0.761. The number of methoxy groups -OCH3 is 12. The third kappa shape index (κ3) is 10.4. The maximum absolute atomic E-state index is 5.88. The lowest BCUT2D eigenvalue weighted by Gasteiger charge is -2.19. The fraction of sp³-hybridized carbons (Fsp3) is 0.167. The van der Waals surface area contributed by atoms with Gasteiger partial charge in [-0.15, -0.1) is 0 Å². The molecule has 84 heavy (non-hydrogen) atoms. The van der Waals surface area contributed by atoms with Gasteiger partial charge in [-0.25, -0.2) is 0 Å². The zero-order chi connectivity index (χ0) is 59.0. The molecule has 0 aliphatic carbocycles. The minimum Gasteiger partial charge on any atom is -0.497 e. The Kier molecular flexibility index (Phi) is 17.2. The quantitative estimate of drug-likeness (QED) is 0.0974. The van der Waals surface area contributed by atoms with Crippen molar-refractivity contribution >= 4 is 64.6 Å². The van der Waals surface area contributed by atoms with Crippen molar-refractivity contribution in [3.63, 3.8) is 0 Å². The van der Waals surface area contributed by atoms with Crippen LogP contribution in [0.2, 0.25) is 0 Å². The first-order valence-corrected chi connectivity index (χ1v) is 27.0. The number of hydrogen-bond donors (Lipinski definition) is 0. The van der Waals surface area contributed by atoms with Crippen molar-refractivity contribution in [3.8, 4) is 102 Å². The maximum Gasteiger partial charge on any atom is 0.134 e. The van der Waals surface area contributed by atoms with Gasteiger partial charge in [-0.1, -0.05) is 97.1 Å². The van der Waals surface area contributed by atoms with E-state index < -0.39 is 0 Å². The number of ether oxygens (including phenoxy) is 12. The van der Waals surface area contributed by atoms with Crippen molar-refractivity contribution < 1.29 is 56.8 Å². The lowest BCUT2D eigenvalue weighted by Crippen LogP contribution is -1.97. The van der Waals surface area contributed by atoms with E-state index >= 15 is 0 Å². The van der Waals surface area contributed by atoms with Crippen molar-refractivity contribution in [2.75, 3.05) is 85.3 Å². The normalized spacial score (nSPS) is 10.9. The van der Waals surface area contributed by atoms with Crippen LogP contribution in [-0.4, -0.2) is 85.3 Å². The Hall–Kier alpha value is -10.2. The average Bonchev–Trinajstić information content (AvgIpc) is 3.75. The molecule has 0 aromatic heterocycles. The fourth-order valence-corrected chi connectivity index (χ4v) is 11.3. The highest BCUT2D eigenvalue weighted by Gasteiger charge is 2.23. The number of rotatable bonds is 15. The molecule has 0 bridgehead atoms. The van der Waals surface area contributed by atoms with Crippen molar-refractivity contribution in [3.05, 3.63) is 182 Å². The van der Waals surface area contributed by atoms with Crippen LogP contribution in [0.15, 0.2) is 182 Å². The van der Waals surface area contributed by atoms with Gasteiger partial charge in [0.05, 0.1) is 85.3 Å². The molecule has 0 spiro atoms. The third-order valence-corrected chi connectivity index (χ3v) is 15.2. The summed E-state index contributed by atoms with van der Waals surface area (Å²) >= 11 is 0. The molecule has 0 aliphatic heterocycles. The molecule has 12 rings (SSSR count). The highest BCUT2D eigenvalue weighted by molar-refractivity contribution is 6.10. The summed E-state index contributed by atoms with van der Waals surface area (Å²) in [7, 11) is 20.2. The molecule has 0 heterocycles. The van der Waals surface area contributed by atoms with E-state index in [1.807, 2.05) is 170 Å². The van der Waals surface area contributed by atoms with Gasteiger partial charge in [-0.05, 0) is 107 Å². The summed E-state index contributed by atoms with van der Waals surface area (Å²) in [5, 5.41) is 12.1. The van der Waals surface area contributed by atoms with E-state index in [1.54, 1.807) is 85.3 Å². The SMILES string of the molecule is COc1cc2cccc(OC)c2cc1-c1cc(OC)c2ccccc2c1OC.COc1ccc2c(OC)ccc(-c3cc(OC)c4ccccc4c3OC)c2c1.COc1ccc2c(OC)cccc2c1-c1cc(OC)c2ccccc2c1OC. The largest absolute Gasteiger partial charge is 0.497 e. The third-order valence-electron chi connectivity index (χ3n) is 15.2. The molecule has 0 saturated heterocycles. The van der Waals surface area contributed by atoms with Crippen molar-refractivity contribution in [2.24, 2.45) is 0 Å². The van der Waals surface area contributed by atoms with Crippen LogP contribution in [0.5, 0.6) is 69.0 Å². The number of fused-ring (bicyclic) bond motifs is 6. The molecular formula is C72H66O12. The van der Waals surface area contributed by atoms with E-state index in [2.05, 4.69) is 12.1 Å². The van der Waals surface area contributed by atoms with Gasteiger partial charge in [-0.2, -0.15) is 0 Å². The summed E-state index contributed by atoms with van der Waals surface area (Å²) in [6.07, 6.45) is 0. The lowest BCUT2D eigenvalue weighted by atomic mass is 9.93. The zero-order valence-electron chi connectivity index (χ0n) is 49.2. The van der Waals surface area contributed by atoms with Crippen molar-refractivity contribution in [2.45, 2.75) is 0 Å². The Morgan fingerprint density at radius 2 is 0.583 bits per heavy atom. The van der Waals surface area contributed by atoms with E-state index in [-0.39, 0.29) is 0 Å². The summed E-state index contributed by atoms with van der Waals surface area (Å²) in [5.74, 6) is 9.50. The number of benzene rings is 12. The van der Waals surface area contributed by atoms with E-state index in [9.17, 15) is 0 Å². The zero-order valence-corrected chi connectivity index (χ0v) is 49.2. The summed E-state index contributed by atoms with van der Waals surface area (Å²) in [5.41, 5.74) is 5.66. The van der Waals surface area contributed by atoms with Gasteiger partial charge in [0.15, 0.2) is 0 Å². The molecule has 12 nitrogen and oxygen atoms in total. The number of hydrogen-bond acceptors (Lipinski definition) is 12. The predicted octanol–water partition coefficient (Wildman–Crippen LogP) is 17.1. The van der Waals surface area contributed by atoms with Crippen LogP contribution in [0.25, 0.3) is 98.0 Å². The van der Waals surface area contributed by atoms with Crippen molar-refractivity contribution in [1.29, 1.82) is 0 Å². The standard InChI is InChI=1S/3C24H22O4/c1-25-21-11-7-8-15-12-22(26-2)19(13-18(15)21)20-14-23(27-3)16-9-5-6-10-17(16)24(20)28-4;1-25-20-11-7-10-17-16(20)12-13-21(26-2)23(17)19-14-22(27-3)15-8-5-6-9-18(15)24(19)28-4;1-25-15-9-10-18-20(13-15)16(11-12-22(18)26-2)21-14-23(27-3)17-7-5-6-8-19(17)24(21)28-4/h3*5-14H,1-4H3. The van der Waals surface area contributed by atoms with E-state index in [1.165, 1.54) is 0 Å². The molecule has 0 atom stereocenters. The molecule has 0 unspecified atom stereocenters. The van der Waals surface area contributed by atoms with Gasteiger partial charge >= 0.3 is 0 Å². The maximum atomic E-state index is 5.88. The second-order valence-corrected chi connectivity index (χ2v) is 19.3. The Morgan fingerprint density at radius 3 is 1.08 bits per heavy atom. The molecule has 426 valence electrons. The Bertz CT molecular complexity index is 4340. The van der Waals surface area contributed by atoms with Gasteiger partial charge in [-0.3, -0.25) is 0 Å². The van der Waals surface area contributed by atoms with Gasteiger partial charge < -0.3 is 56.8 Å². The smallest absolute Gasteiger partial charge is 0.134 e. The molecule has 0 saturated carbocycles. The van der Waals surface area contributed by atoms with Crippen LogP contribution in [-0.2, 0) is 0 Å². The van der Waals surface area contributed by atoms with Gasteiger partial charge in [0.2, 0.25) is 0 Å². The Balaban J connectivity index is 0.000000140. The molecular weight excluding hydrogens is 1060 g/mol. The molecule has 12 aromatic carbocycles. The monoisotopic (exact) mass is 1120 g/mol. The van der Waals surface area contributed by atoms with E-state index in [0.29, 0.717) is 0 Å². The first-order valence-electron chi connectivity index (χ1n) is 27.0. The topological polar surface area (TPSA) is 111 Å². The predicted molar refractivity (Wildman–Crippen MR) is 339 cm³/mol. The molecule has 12 aromatic rings. The second-order valence-electron chi connectivity index (χ2n) is 19.3. The first-order chi connectivity index (χ1) is 41.1. The minimum absolute atomic E-state index is 0.761. The second kappa shape index (κ2) is 25.3. The summed E-state index contributed by atoms with van der Waals surface area (Å²) in [4.78, 5) is 0. The van der Waals surface area contributed by atoms with E-state index in [0.717, 1.165) is 167 Å². The Morgan fingerprint density at radius 1 is 0.190 bits per heavy atom. The van der Waals surface area contributed by atoms with E-state index in [4.69, 9.17) is 56.8 Å². The molecule has 0 aliphatic rings. The fourth-order valence-electron chi connectivity index (χ4n) is 11.3. The molecule has 12 heteroatoms. The average molecular weight is 1120 g/mol. The summed E-state index contributed by atoms with van der Waals surface area (Å²) < 4.78 is 68.2. The van der Waals surface area contributed by atoms with Gasteiger partial charge in [0.1, 0.15) is 69.0 Å². The molecule has 0 radical (unpaired) electrons. The van der Waals surface area contributed by atoms with Crippen LogP contribution in [0, 0.1) is 0 Å².